The molecule has 2 N–H and O–H groups in total. The van der Waals surface area contributed by atoms with Crippen LogP contribution in [-0.4, -0.2) is 15.0 Å². The minimum Gasteiger partial charge on any atom is -0.327 e. The van der Waals surface area contributed by atoms with Gasteiger partial charge < -0.3 is 5.73 Å². The molecule has 2 heteroatoms. The molecule has 0 saturated carbocycles. The van der Waals surface area contributed by atoms with E-state index in [1.165, 1.54) is 0 Å². The Morgan fingerprint density at radius 1 is 1.00 bits per heavy atom. The predicted octanol–water partition coefficient (Wildman–Crippen LogP) is 0.634. The van der Waals surface area contributed by atoms with Gasteiger partial charge in [0.1, 0.15) is 0 Å². The van der Waals surface area contributed by atoms with E-state index in [-0.39, 0.29) is 8.41 Å². The third-order valence-electron chi connectivity index (χ3n) is 0.833. The predicted molar refractivity (Wildman–Crippen MR) is 55.6 cm³/mol. The zero-order valence-electron chi connectivity index (χ0n) is 6.03. The lowest BCUT2D eigenvalue weighted by Crippen LogP contribution is -1.90. The molecule has 0 fully saturated rings. The van der Waals surface area contributed by atoms with Crippen LogP contribution in [0.1, 0.15) is 0 Å². The summed E-state index contributed by atoms with van der Waals surface area (Å²) in [5, 5.41) is 0. The van der Waals surface area contributed by atoms with Gasteiger partial charge in [0.25, 0.3) is 0 Å². The van der Waals surface area contributed by atoms with Crippen LogP contribution in [0, 0.1) is 0 Å². The van der Waals surface area contributed by atoms with Crippen molar-refractivity contribution in [3.63, 3.8) is 0 Å². The molecule has 0 aromatic heterocycles. The molecule has 0 radical (unpaired) electrons. The summed E-state index contributed by atoms with van der Waals surface area (Å²) in [5.74, 6) is 0. The quantitative estimate of drug-likeness (QED) is 0.460. The van der Waals surface area contributed by atoms with Crippen molar-refractivity contribution in [3.05, 3.63) is 49.1 Å². The highest BCUT2D eigenvalue weighted by Gasteiger charge is 1.57. The van der Waals surface area contributed by atoms with E-state index >= 15 is 0 Å². The van der Waals surface area contributed by atoms with Crippen LogP contribution in [0.25, 0.3) is 0 Å². The molecule has 0 unspecified atom stereocenters. The Bertz CT molecular complexity index is 124. The fourth-order valence-corrected chi connectivity index (χ4v) is 0.385. The van der Waals surface area contributed by atoms with Gasteiger partial charge >= 0.3 is 0 Å². The number of hydrogen-bond donors (Lipinski definition) is 1. The molecule has 0 heterocycles. The normalized spacial score (nSPS) is 6.64. The molecule has 0 amide bonds. The van der Waals surface area contributed by atoms with Gasteiger partial charge in [-0.15, -0.1) is 6.58 Å². The Kier molecular flexibility index (Phi) is 13.5. The van der Waals surface area contributed by atoms with Gasteiger partial charge in [-0.25, -0.2) is 0 Å². The third-order valence-corrected chi connectivity index (χ3v) is 0.833. The summed E-state index contributed by atoms with van der Waals surface area (Å²) in [6.45, 7) is 3.94. The molecule has 0 aliphatic rings. The zero-order chi connectivity index (χ0) is 7.66. The highest BCUT2D eigenvalue weighted by molar-refractivity contribution is 5.75. The van der Waals surface area contributed by atoms with Gasteiger partial charge in [-0.2, -0.15) is 0 Å². The van der Waals surface area contributed by atoms with Crippen molar-refractivity contribution in [2.45, 2.75) is 0 Å². The van der Waals surface area contributed by atoms with E-state index < -0.39 is 0 Å². The molecule has 0 aliphatic heterocycles. The van der Waals surface area contributed by atoms with Crippen LogP contribution in [0.4, 0.5) is 0 Å². The van der Waals surface area contributed by atoms with Crippen LogP contribution >= 0.6 is 0 Å². The number of hydrogen-bond acceptors (Lipinski definition) is 1. The monoisotopic (exact) mass is 149 g/mol. The van der Waals surface area contributed by atoms with Crippen molar-refractivity contribution in [1.29, 1.82) is 0 Å². The van der Waals surface area contributed by atoms with Crippen molar-refractivity contribution < 1.29 is 0 Å². The molecule has 11 heavy (non-hydrogen) atoms. The molecule has 0 spiro atoms. The van der Waals surface area contributed by atoms with Gasteiger partial charge in [-0.1, -0.05) is 42.5 Å². The summed E-state index contributed by atoms with van der Waals surface area (Å²) in [6, 6.07) is 12.0. The molecule has 0 bridgehead atoms. The standard InChI is InChI=1S/C6H6.C3H7N.BH3/c1-2-4-6-5-3-1;1-2-3-4;/h1-6H;2H,1,3-4H2;1H3. The molecule has 1 aromatic rings. The van der Waals surface area contributed by atoms with Crippen LogP contribution in [0.2, 0.25) is 0 Å². The van der Waals surface area contributed by atoms with Crippen LogP contribution < -0.4 is 5.73 Å². The Morgan fingerprint density at radius 3 is 1.27 bits per heavy atom. The van der Waals surface area contributed by atoms with Crippen LogP contribution in [0.15, 0.2) is 49.1 Å². The second-order valence-electron chi connectivity index (χ2n) is 1.68. The lowest BCUT2D eigenvalue weighted by atomic mass is 10.4. The summed E-state index contributed by atoms with van der Waals surface area (Å²) in [6.07, 6.45) is 1.65. The highest BCUT2D eigenvalue weighted by atomic mass is 14.5. The maximum absolute atomic E-state index is 4.91. The largest absolute Gasteiger partial charge is 0.327 e. The summed E-state index contributed by atoms with van der Waals surface area (Å²) in [7, 11) is 0. The van der Waals surface area contributed by atoms with E-state index in [9.17, 15) is 0 Å². The van der Waals surface area contributed by atoms with Gasteiger partial charge in [0.05, 0.1) is 8.41 Å². The molecule has 0 saturated heterocycles. The topological polar surface area (TPSA) is 26.0 Å². The first-order chi connectivity index (χ1) is 4.91. The van der Waals surface area contributed by atoms with E-state index in [4.69, 9.17) is 5.73 Å². The van der Waals surface area contributed by atoms with Crippen molar-refractivity contribution in [3.8, 4) is 0 Å². The third kappa shape index (κ3) is 12.2. The van der Waals surface area contributed by atoms with Gasteiger partial charge in [0, 0.05) is 6.54 Å². The van der Waals surface area contributed by atoms with Gasteiger partial charge in [0.2, 0.25) is 0 Å². The molecule has 0 atom stereocenters. The molecule has 1 aromatic carbocycles. The highest BCUT2D eigenvalue weighted by Crippen LogP contribution is 1.79. The zero-order valence-corrected chi connectivity index (χ0v) is 6.03. The number of nitrogens with two attached hydrogens (primary N) is 1. The fourth-order valence-electron chi connectivity index (χ4n) is 0.385. The summed E-state index contributed by atoms with van der Waals surface area (Å²) in [4.78, 5) is 0. The maximum atomic E-state index is 4.91. The van der Waals surface area contributed by atoms with E-state index in [1.807, 2.05) is 36.4 Å². The van der Waals surface area contributed by atoms with E-state index in [0.29, 0.717) is 6.54 Å². The average molecular weight is 149 g/mol. The first-order valence-electron chi connectivity index (χ1n) is 3.22. The smallest absolute Gasteiger partial charge is 0.0814 e. The first-order valence-corrected chi connectivity index (χ1v) is 3.22. The minimum absolute atomic E-state index is 0. The van der Waals surface area contributed by atoms with Crippen molar-refractivity contribution in [2.75, 3.05) is 6.54 Å². The van der Waals surface area contributed by atoms with Gasteiger partial charge in [-0.05, 0) is 0 Å². The summed E-state index contributed by atoms with van der Waals surface area (Å²) in [5.41, 5.74) is 4.91. The molecule has 1 nitrogen and oxygen atoms in total. The second-order valence-corrected chi connectivity index (χ2v) is 1.68. The van der Waals surface area contributed by atoms with Gasteiger partial charge in [-0.3, -0.25) is 0 Å². The second kappa shape index (κ2) is 11.7. The van der Waals surface area contributed by atoms with Crippen LogP contribution in [-0.2, 0) is 0 Å². The van der Waals surface area contributed by atoms with E-state index in [0.717, 1.165) is 0 Å². The number of benzene rings is 1. The molecule has 60 valence electrons. The summed E-state index contributed by atoms with van der Waals surface area (Å²) < 4.78 is 0. The molecule has 1 rings (SSSR count). The maximum Gasteiger partial charge on any atom is 0.0814 e. The molecule has 0 aliphatic carbocycles. The first kappa shape index (κ1) is 12.6. The van der Waals surface area contributed by atoms with E-state index in [2.05, 4.69) is 6.58 Å². The lowest BCUT2D eigenvalue weighted by Gasteiger charge is -1.69. The Morgan fingerprint density at radius 2 is 1.18 bits per heavy atom. The minimum atomic E-state index is 0. The summed E-state index contributed by atoms with van der Waals surface area (Å²) >= 11 is 0. The van der Waals surface area contributed by atoms with Crippen LogP contribution in [0.3, 0.4) is 0 Å². The Balaban J connectivity index is 0. The van der Waals surface area contributed by atoms with Crippen molar-refractivity contribution >= 4 is 8.41 Å². The lowest BCUT2D eigenvalue weighted by molar-refractivity contribution is 1.26. The van der Waals surface area contributed by atoms with Crippen LogP contribution in [0.5, 0.6) is 0 Å². The molecular formula is C9H16BN. The Hall–Kier alpha value is -1.02. The van der Waals surface area contributed by atoms with Crippen molar-refractivity contribution in [1.82, 2.24) is 0 Å². The fraction of sp³-hybridized carbons (Fsp3) is 0.111. The van der Waals surface area contributed by atoms with Crippen molar-refractivity contribution in [2.24, 2.45) is 5.73 Å². The SMILES string of the molecule is B.C=CCN.c1ccccc1. The average Bonchev–Trinajstić information content (AvgIpc) is 2.08. The Labute approximate surface area is 70.5 Å². The van der Waals surface area contributed by atoms with Gasteiger partial charge in [0.15, 0.2) is 0 Å². The number of rotatable bonds is 1. The molecular weight excluding hydrogens is 133 g/mol. The van der Waals surface area contributed by atoms with E-state index in [1.54, 1.807) is 6.08 Å².